The van der Waals surface area contributed by atoms with Crippen molar-refractivity contribution in [1.29, 1.82) is 0 Å². The Labute approximate surface area is 183 Å². The fourth-order valence-electron chi connectivity index (χ4n) is 4.56. The third-order valence-corrected chi connectivity index (χ3v) is 6.10. The van der Waals surface area contributed by atoms with E-state index in [9.17, 15) is 14.4 Å². The summed E-state index contributed by atoms with van der Waals surface area (Å²) >= 11 is 0. The minimum Gasteiger partial charge on any atom is -0.376 e. The van der Waals surface area contributed by atoms with Crippen molar-refractivity contribution in [1.82, 2.24) is 15.1 Å². The van der Waals surface area contributed by atoms with Crippen LogP contribution in [0.4, 0.5) is 0 Å². The summed E-state index contributed by atoms with van der Waals surface area (Å²) in [6.07, 6.45) is 4.48. The molecule has 30 heavy (non-hydrogen) atoms. The lowest BCUT2D eigenvalue weighted by atomic mass is 10.0. The minimum atomic E-state index is -0.320. The Morgan fingerprint density at radius 2 is 1.90 bits per heavy atom. The number of ether oxygens (including phenoxy) is 1. The van der Waals surface area contributed by atoms with Gasteiger partial charge in [0.15, 0.2) is 0 Å². The molecule has 8 heteroatoms. The second-order valence-electron chi connectivity index (χ2n) is 8.10. The van der Waals surface area contributed by atoms with Gasteiger partial charge in [0.05, 0.1) is 23.8 Å². The van der Waals surface area contributed by atoms with Crippen molar-refractivity contribution in [2.75, 3.05) is 32.8 Å². The molecule has 1 atom stereocenters. The molecule has 3 aliphatic heterocycles. The van der Waals surface area contributed by atoms with Gasteiger partial charge in [0, 0.05) is 24.8 Å². The van der Waals surface area contributed by atoms with Crippen molar-refractivity contribution in [3.63, 3.8) is 0 Å². The summed E-state index contributed by atoms with van der Waals surface area (Å²) < 4.78 is 5.59. The van der Waals surface area contributed by atoms with Crippen LogP contribution in [0.2, 0.25) is 0 Å². The number of hydrogen-bond acceptors (Lipinski definition) is 5. The van der Waals surface area contributed by atoms with Gasteiger partial charge >= 0.3 is 0 Å². The van der Waals surface area contributed by atoms with Crippen LogP contribution in [0.1, 0.15) is 70.1 Å². The monoisotopic (exact) mass is 435 g/mol. The largest absolute Gasteiger partial charge is 0.376 e. The number of halogens is 1. The van der Waals surface area contributed by atoms with E-state index >= 15 is 0 Å². The summed E-state index contributed by atoms with van der Waals surface area (Å²) in [4.78, 5) is 42.1. The number of amides is 3. The van der Waals surface area contributed by atoms with Gasteiger partial charge in [-0.25, -0.2) is 0 Å². The van der Waals surface area contributed by atoms with Crippen LogP contribution in [0.15, 0.2) is 18.2 Å². The number of carbonyl (C=O) groups excluding carboxylic acids is 3. The van der Waals surface area contributed by atoms with E-state index < -0.39 is 0 Å². The number of carbonyl (C=O) groups is 3. The third-order valence-electron chi connectivity index (χ3n) is 6.10. The highest BCUT2D eigenvalue weighted by atomic mass is 35.5. The van der Waals surface area contributed by atoms with Crippen LogP contribution in [0.25, 0.3) is 0 Å². The molecule has 1 aromatic carbocycles. The number of rotatable bonds is 6. The van der Waals surface area contributed by atoms with E-state index in [1.54, 1.807) is 18.2 Å². The predicted molar refractivity (Wildman–Crippen MR) is 115 cm³/mol. The first-order valence-electron chi connectivity index (χ1n) is 10.7. The van der Waals surface area contributed by atoms with Gasteiger partial charge in [0.1, 0.15) is 0 Å². The quantitative estimate of drug-likeness (QED) is 0.694. The number of hydrogen-bond donors (Lipinski definition) is 1. The molecule has 4 rings (SSSR count). The summed E-state index contributed by atoms with van der Waals surface area (Å²) in [5.74, 6) is -0.665. The molecule has 0 aromatic heterocycles. The summed E-state index contributed by atoms with van der Waals surface area (Å²) in [5, 5.41) is 3.33. The second-order valence-corrected chi connectivity index (χ2v) is 8.10. The number of benzene rings is 1. The molecule has 0 spiro atoms. The van der Waals surface area contributed by atoms with E-state index in [1.807, 2.05) is 4.90 Å². The zero-order valence-electron chi connectivity index (χ0n) is 17.4. The highest BCUT2D eigenvalue weighted by Crippen LogP contribution is 2.27. The first kappa shape index (κ1) is 22.7. The van der Waals surface area contributed by atoms with Crippen LogP contribution in [-0.2, 0) is 4.74 Å². The topological polar surface area (TPSA) is 79.0 Å². The van der Waals surface area contributed by atoms with Crippen molar-refractivity contribution >= 4 is 30.1 Å². The van der Waals surface area contributed by atoms with Crippen LogP contribution in [-0.4, -0.2) is 72.5 Å². The summed E-state index contributed by atoms with van der Waals surface area (Å²) in [5.41, 5.74) is 1.20. The second kappa shape index (κ2) is 9.90. The molecule has 3 amide bonds. The summed E-state index contributed by atoms with van der Waals surface area (Å²) in [6, 6.07) is 5.14. The Hall–Kier alpha value is -1.96. The Morgan fingerprint density at radius 1 is 1.17 bits per heavy atom. The van der Waals surface area contributed by atoms with E-state index in [1.165, 1.54) is 4.90 Å². The van der Waals surface area contributed by atoms with Crippen molar-refractivity contribution in [2.45, 2.75) is 51.2 Å². The van der Waals surface area contributed by atoms with Gasteiger partial charge in [-0.2, -0.15) is 0 Å². The highest BCUT2D eigenvalue weighted by Gasteiger charge is 2.38. The molecule has 0 saturated carbocycles. The maximum atomic E-state index is 13.3. The molecule has 0 aliphatic carbocycles. The van der Waals surface area contributed by atoms with Crippen molar-refractivity contribution in [3.05, 3.63) is 34.9 Å². The van der Waals surface area contributed by atoms with Crippen molar-refractivity contribution < 1.29 is 19.1 Å². The van der Waals surface area contributed by atoms with Gasteiger partial charge in [-0.3, -0.25) is 19.3 Å². The zero-order valence-corrected chi connectivity index (χ0v) is 18.2. The number of imide groups is 1. The molecule has 164 valence electrons. The molecule has 3 heterocycles. The van der Waals surface area contributed by atoms with Gasteiger partial charge in [0.2, 0.25) is 0 Å². The summed E-state index contributed by atoms with van der Waals surface area (Å²) in [7, 11) is 0. The van der Waals surface area contributed by atoms with Crippen molar-refractivity contribution in [2.24, 2.45) is 0 Å². The maximum Gasteiger partial charge on any atom is 0.261 e. The SMILES string of the molecule is CCCN(C(=O)c1ccc2c(c1)C(=O)N(CC1CCCO1)C2=O)C1CCNCC1.Cl. The lowest BCUT2D eigenvalue weighted by Gasteiger charge is -2.34. The molecule has 0 radical (unpaired) electrons. The number of fused-ring (bicyclic) bond motifs is 1. The Balaban J connectivity index is 0.00000256. The molecule has 1 aromatic rings. The Kier molecular flexibility index (Phi) is 7.50. The van der Waals surface area contributed by atoms with Crippen molar-refractivity contribution in [3.8, 4) is 0 Å². The molecule has 0 bridgehead atoms. The normalized spacial score (nSPS) is 21.5. The van der Waals surface area contributed by atoms with E-state index in [0.29, 0.717) is 29.8 Å². The predicted octanol–water partition coefficient (Wildman–Crippen LogP) is 2.49. The van der Waals surface area contributed by atoms with Crippen LogP contribution in [0.3, 0.4) is 0 Å². The lowest BCUT2D eigenvalue weighted by Crippen LogP contribution is -2.46. The van der Waals surface area contributed by atoms with E-state index in [0.717, 1.165) is 45.2 Å². The highest BCUT2D eigenvalue weighted by molar-refractivity contribution is 6.22. The first-order chi connectivity index (χ1) is 14.1. The standard InChI is InChI=1S/C22H29N3O4.ClH/c1-2-11-24(16-7-9-23-10-8-16)20(26)15-5-6-18-19(13-15)22(28)25(21(18)27)14-17-4-3-12-29-17;/h5-6,13,16-17,23H,2-4,7-12,14H2,1H3;1H. The molecule has 2 fully saturated rings. The average molecular weight is 436 g/mol. The van der Waals surface area contributed by atoms with Gasteiger partial charge in [0.25, 0.3) is 17.7 Å². The minimum absolute atomic E-state index is 0. The van der Waals surface area contributed by atoms with Gasteiger partial charge in [-0.1, -0.05) is 6.92 Å². The first-order valence-corrected chi connectivity index (χ1v) is 10.7. The molecule has 3 aliphatic rings. The zero-order chi connectivity index (χ0) is 20.4. The molecular weight excluding hydrogens is 406 g/mol. The molecule has 1 N–H and O–H groups in total. The number of nitrogens with zero attached hydrogens (tertiary/aromatic N) is 2. The molecule has 2 saturated heterocycles. The fraction of sp³-hybridized carbons (Fsp3) is 0.591. The molecular formula is C22H30ClN3O4. The van der Waals surface area contributed by atoms with Crippen LogP contribution in [0.5, 0.6) is 0 Å². The Morgan fingerprint density at radius 3 is 2.57 bits per heavy atom. The van der Waals surface area contributed by atoms with E-state index in [-0.39, 0.29) is 48.8 Å². The van der Waals surface area contributed by atoms with E-state index in [4.69, 9.17) is 4.74 Å². The van der Waals surface area contributed by atoms with Gasteiger partial charge in [-0.05, 0) is 63.4 Å². The third kappa shape index (κ3) is 4.38. The molecule has 7 nitrogen and oxygen atoms in total. The fourth-order valence-corrected chi connectivity index (χ4v) is 4.56. The van der Waals surface area contributed by atoms with Crippen LogP contribution >= 0.6 is 12.4 Å². The molecule has 1 unspecified atom stereocenters. The van der Waals surface area contributed by atoms with Gasteiger partial charge < -0.3 is 15.0 Å². The lowest BCUT2D eigenvalue weighted by molar-refractivity contribution is 0.0475. The van der Waals surface area contributed by atoms with E-state index in [2.05, 4.69) is 12.2 Å². The van der Waals surface area contributed by atoms with Gasteiger partial charge in [-0.15, -0.1) is 12.4 Å². The average Bonchev–Trinajstić information content (AvgIpc) is 3.35. The number of nitrogens with one attached hydrogen (secondary N) is 1. The smallest absolute Gasteiger partial charge is 0.261 e. The Bertz CT molecular complexity index is 804. The number of piperidine rings is 1. The summed E-state index contributed by atoms with van der Waals surface area (Å²) in [6.45, 7) is 5.54. The van der Waals surface area contributed by atoms with Crippen LogP contribution in [0, 0.1) is 0 Å². The van der Waals surface area contributed by atoms with Crippen LogP contribution < -0.4 is 5.32 Å². The maximum absolute atomic E-state index is 13.3.